The van der Waals surface area contributed by atoms with Crippen molar-refractivity contribution in [3.05, 3.63) is 30.1 Å². The van der Waals surface area contributed by atoms with Gasteiger partial charge in [-0.2, -0.15) is 0 Å². The van der Waals surface area contributed by atoms with Gasteiger partial charge in [-0.1, -0.05) is 26.8 Å². The molecule has 0 unspecified atom stereocenters. The average Bonchev–Trinajstić information content (AvgIpc) is 2.83. The van der Waals surface area contributed by atoms with Crippen LogP contribution in [0.3, 0.4) is 0 Å². The van der Waals surface area contributed by atoms with Crippen molar-refractivity contribution in [3.8, 4) is 5.69 Å². The van der Waals surface area contributed by atoms with Crippen molar-refractivity contribution in [2.75, 3.05) is 5.32 Å². The predicted molar refractivity (Wildman–Crippen MR) is 76.6 cm³/mol. The van der Waals surface area contributed by atoms with Crippen LogP contribution in [0.2, 0.25) is 0 Å². The van der Waals surface area contributed by atoms with Gasteiger partial charge in [0.2, 0.25) is 5.91 Å². The van der Waals surface area contributed by atoms with Crippen molar-refractivity contribution in [3.63, 3.8) is 0 Å². The number of carbonyl (C=O) groups excluding carboxylic acids is 1. The maximum absolute atomic E-state index is 12.0. The smallest absolute Gasteiger partial charge is 0.224 e. The van der Waals surface area contributed by atoms with Crippen LogP contribution in [-0.4, -0.2) is 26.1 Å². The zero-order valence-electron chi connectivity index (χ0n) is 12.2. The van der Waals surface area contributed by atoms with Gasteiger partial charge in [-0.05, 0) is 40.5 Å². The minimum absolute atomic E-state index is 0.00876. The first-order chi connectivity index (χ1) is 9.37. The SMILES string of the molecule is Cc1c(NC(=O)CC(C)(C)C)cccc1-n1cnnn1. The molecule has 0 aliphatic heterocycles. The van der Waals surface area contributed by atoms with E-state index in [9.17, 15) is 4.79 Å². The number of hydrogen-bond acceptors (Lipinski definition) is 4. The van der Waals surface area contributed by atoms with E-state index >= 15 is 0 Å². The van der Waals surface area contributed by atoms with Gasteiger partial charge in [0, 0.05) is 12.1 Å². The number of hydrogen-bond donors (Lipinski definition) is 1. The van der Waals surface area contributed by atoms with Crippen LogP contribution in [-0.2, 0) is 4.79 Å². The molecule has 0 spiro atoms. The maximum Gasteiger partial charge on any atom is 0.224 e. The summed E-state index contributed by atoms with van der Waals surface area (Å²) >= 11 is 0. The van der Waals surface area contributed by atoms with Crippen molar-refractivity contribution in [2.24, 2.45) is 5.41 Å². The second-order valence-corrected chi connectivity index (χ2v) is 5.99. The summed E-state index contributed by atoms with van der Waals surface area (Å²) in [5.41, 5.74) is 2.53. The Balaban J connectivity index is 2.22. The van der Waals surface area contributed by atoms with E-state index in [1.54, 1.807) is 4.68 Å². The first-order valence-corrected chi connectivity index (χ1v) is 6.50. The second-order valence-electron chi connectivity index (χ2n) is 5.99. The van der Waals surface area contributed by atoms with Crippen LogP contribution in [0.25, 0.3) is 5.69 Å². The molecule has 0 radical (unpaired) electrons. The lowest BCUT2D eigenvalue weighted by Crippen LogP contribution is -2.20. The van der Waals surface area contributed by atoms with Crippen molar-refractivity contribution in [2.45, 2.75) is 34.1 Å². The third-order valence-electron chi connectivity index (χ3n) is 2.87. The van der Waals surface area contributed by atoms with Gasteiger partial charge in [0.15, 0.2) is 0 Å². The molecule has 1 aromatic heterocycles. The molecule has 0 aliphatic rings. The molecule has 0 bridgehead atoms. The van der Waals surface area contributed by atoms with Gasteiger partial charge in [0.05, 0.1) is 5.69 Å². The lowest BCUT2D eigenvalue weighted by Gasteiger charge is -2.18. The van der Waals surface area contributed by atoms with Crippen molar-refractivity contribution in [1.29, 1.82) is 0 Å². The monoisotopic (exact) mass is 273 g/mol. The highest BCUT2D eigenvalue weighted by molar-refractivity contribution is 5.92. The molecule has 0 fully saturated rings. The summed E-state index contributed by atoms with van der Waals surface area (Å²) in [6, 6.07) is 5.66. The molecule has 0 saturated heterocycles. The molecule has 1 heterocycles. The Bertz CT molecular complexity index is 599. The summed E-state index contributed by atoms with van der Waals surface area (Å²) < 4.78 is 1.58. The van der Waals surface area contributed by atoms with E-state index in [-0.39, 0.29) is 11.3 Å². The zero-order valence-corrected chi connectivity index (χ0v) is 12.2. The molecule has 20 heavy (non-hydrogen) atoms. The molecular weight excluding hydrogens is 254 g/mol. The van der Waals surface area contributed by atoms with E-state index in [1.807, 2.05) is 45.9 Å². The van der Waals surface area contributed by atoms with Crippen LogP contribution in [0.4, 0.5) is 5.69 Å². The third-order valence-corrected chi connectivity index (χ3v) is 2.87. The van der Waals surface area contributed by atoms with Crippen LogP contribution in [0.5, 0.6) is 0 Å². The van der Waals surface area contributed by atoms with Gasteiger partial charge >= 0.3 is 0 Å². The first kappa shape index (κ1) is 14.2. The Labute approximate surface area is 118 Å². The molecule has 1 amide bonds. The lowest BCUT2D eigenvalue weighted by atomic mass is 9.92. The number of tetrazole rings is 1. The van der Waals surface area contributed by atoms with Gasteiger partial charge in [0.25, 0.3) is 0 Å². The van der Waals surface area contributed by atoms with Crippen molar-refractivity contribution < 1.29 is 4.79 Å². The molecule has 0 atom stereocenters. The Morgan fingerprint density at radius 2 is 2.10 bits per heavy atom. The Hall–Kier alpha value is -2.24. The molecule has 1 N–H and O–H groups in total. The molecule has 0 aliphatic carbocycles. The summed E-state index contributed by atoms with van der Waals surface area (Å²) in [4.78, 5) is 12.0. The normalized spacial score (nSPS) is 11.4. The zero-order chi connectivity index (χ0) is 14.8. The van der Waals surface area contributed by atoms with Crippen LogP contribution in [0.1, 0.15) is 32.8 Å². The van der Waals surface area contributed by atoms with E-state index in [2.05, 4.69) is 20.8 Å². The standard InChI is InChI=1S/C14H19N5O/c1-10-11(16-13(20)8-14(2,3)4)6-5-7-12(10)19-9-15-17-18-19/h5-7,9H,8H2,1-4H3,(H,16,20). The number of benzene rings is 1. The molecule has 2 rings (SSSR count). The fraction of sp³-hybridized carbons (Fsp3) is 0.429. The molecule has 6 nitrogen and oxygen atoms in total. The van der Waals surface area contributed by atoms with Gasteiger partial charge in [-0.25, -0.2) is 4.68 Å². The number of anilines is 1. The lowest BCUT2D eigenvalue weighted by molar-refractivity contribution is -0.117. The molecule has 0 saturated carbocycles. The summed E-state index contributed by atoms with van der Waals surface area (Å²) in [5.74, 6) is 0.00876. The van der Waals surface area contributed by atoms with Gasteiger partial charge in [-0.3, -0.25) is 4.79 Å². The topological polar surface area (TPSA) is 72.7 Å². The number of rotatable bonds is 3. The molecule has 6 heteroatoms. The number of aromatic nitrogens is 4. The van der Waals surface area contributed by atoms with E-state index < -0.39 is 0 Å². The molecular formula is C14H19N5O. The number of amides is 1. The van der Waals surface area contributed by atoms with Crippen molar-refractivity contribution >= 4 is 11.6 Å². The van der Waals surface area contributed by atoms with Crippen LogP contribution >= 0.6 is 0 Å². The van der Waals surface area contributed by atoms with E-state index in [0.29, 0.717) is 6.42 Å². The summed E-state index contributed by atoms with van der Waals surface area (Å²) in [7, 11) is 0. The average molecular weight is 273 g/mol. The third kappa shape index (κ3) is 3.40. The summed E-state index contributed by atoms with van der Waals surface area (Å²) in [6.07, 6.45) is 2.00. The maximum atomic E-state index is 12.0. The van der Waals surface area contributed by atoms with E-state index in [4.69, 9.17) is 0 Å². The first-order valence-electron chi connectivity index (χ1n) is 6.50. The fourth-order valence-corrected chi connectivity index (χ4v) is 1.95. The van der Waals surface area contributed by atoms with E-state index in [0.717, 1.165) is 16.9 Å². The highest BCUT2D eigenvalue weighted by Crippen LogP contribution is 2.24. The summed E-state index contributed by atoms with van der Waals surface area (Å²) in [5, 5.41) is 14.1. The number of carbonyl (C=O) groups is 1. The Morgan fingerprint density at radius 3 is 2.70 bits per heavy atom. The van der Waals surface area contributed by atoms with Gasteiger partial charge in [0.1, 0.15) is 6.33 Å². The van der Waals surface area contributed by atoms with Crippen LogP contribution in [0.15, 0.2) is 24.5 Å². The largest absolute Gasteiger partial charge is 0.326 e. The van der Waals surface area contributed by atoms with E-state index in [1.165, 1.54) is 6.33 Å². The second kappa shape index (κ2) is 5.40. The van der Waals surface area contributed by atoms with Gasteiger partial charge in [-0.15, -0.1) is 5.10 Å². The molecule has 2 aromatic rings. The van der Waals surface area contributed by atoms with Crippen molar-refractivity contribution in [1.82, 2.24) is 20.2 Å². The number of nitrogens with zero attached hydrogens (tertiary/aromatic N) is 4. The predicted octanol–water partition coefficient (Wildman–Crippen LogP) is 2.35. The van der Waals surface area contributed by atoms with Crippen LogP contribution < -0.4 is 5.32 Å². The number of nitrogens with one attached hydrogen (secondary N) is 1. The highest BCUT2D eigenvalue weighted by Gasteiger charge is 2.17. The summed E-state index contributed by atoms with van der Waals surface area (Å²) in [6.45, 7) is 8.05. The minimum atomic E-state index is -0.0363. The van der Waals surface area contributed by atoms with Gasteiger partial charge < -0.3 is 5.32 Å². The fourth-order valence-electron chi connectivity index (χ4n) is 1.95. The molecule has 1 aromatic carbocycles. The van der Waals surface area contributed by atoms with Crippen LogP contribution in [0, 0.1) is 12.3 Å². The molecule has 106 valence electrons. The quantitative estimate of drug-likeness (QED) is 0.931. The highest BCUT2D eigenvalue weighted by atomic mass is 16.1. The Kier molecular flexibility index (Phi) is 3.83. The Morgan fingerprint density at radius 1 is 1.35 bits per heavy atom. The minimum Gasteiger partial charge on any atom is -0.326 e.